The predicted molar refractivity (Wildman–Crippen MR) is 74.5 cm³/mol. The van der Waals surface area contributed by atoms with Crippen molar-refractivity contribution < 1.29 is 0 Å². The Morgan fingerprint density at radius 2 is 2.28 bits per heavy atom. The average molecular weight is 257 g/mol. The largest absolute Gasteiger partial charge is 0.362 e. The zero-order chi connectivity index (χ0) is 12.8. The SMILES string of the molecule is CCCC(Nc1cccc(C#N)n1)c1cccs1. The molecule has 0 bridgehead atoms. The van der Waals surface area contributed by atoms with Gasteiger partial charge in [-0.3, -0.25) is 0 Å². The first kappa shape index (κ1) is 12.6. The molecule has 0 aromatic carbocycles. The van der Waals surface area contributed by atoms with Crippen LogP contribution >= 0.6 is 11.3 Å². The van der Waals surface area contributed by atoms with Gasteiger partial charge in [-0.15, -0.1) is 11.3 Å². The van der Waals surface area contributed by atoms with Gasteiger partial charge in [0.25, 0.3) is 0 Å². The minimum absolute atomic E-state index is 0.274. The van der Waals surface area contributed by atoms with Gasteiger partial charge < -0.3 is 5.32 Å². The quantitative estimate of drug-likeness (QED) is 0.881. The first-order chi connectivity index (χ1) is 8.83. The average Bonchev–Trinajstić information content (AvgIpc) is 2.92. The van der Waals surface area contributed by atoms with Crippen molar-refractivity contribution in [2.24, 2.45) is 0 Å². The summed E-state index contributed by atoms with van der Waals surface area (Å²) in [6.45, 7) is 2.17. The molecule has 4 heteroatoms. The molecule has 2 aromatic rings. The fourth-order valence-corrected chi connectivity index (χ4v) is 2.63. The number of hydrogen-bond donors (Lipinski definition) is 1. The lowest BCUT2D eigenvalue weighted by Gasteiger charge is -2.17. The van der Waals surface area contributed by atoms with Gasteiger partial charge in [0.05, 0.1) is 6.04 Å². The molecule has 0 aliphatic carbocycles. The Bertz CT molecular complexity index is 528. The molecule has 1 N–H and O–H groups in total. The number of rotatable bonds is 5. The Kier molecular flexibility index (Phi) is 4.32. The molecule has 2 aromatic heterocycles. The second-order valence-corrected chi connectivity index (χ2v) is 5.00. The Hall–Kier alpha value is -1.86. The smallest absolute Gasteiger partial charge is 0.142 e. The number of nitrogens with one attached hydrogen (secondary N) is 1. The van der Waals surface area contributed by atoms with E-state index in [1.165, 1.54) is 4.88 Å². The van der Waals surface area contributed by atoms with Gasteiger partial charge in [-0.1, -0.05) is 25.5 Å². The van der Waals surface area contributed by atoms with E-state index < -0.39 is 0 Å². The van der Waals surface area contributed by atoms with E-state index in [0.717, 1.165) is 18.7 Å². The van der Waals surface area contributed by atoms with E-state index in [0.29, 0.717) is 5.69 Å². The Morgan fingerprint density at radius 3 is 2.94 bits per heavy atom. The summed E-state index contributed by atoms with van der Waals surface area (Å²) in [6, 6.07) is 12.0. The van der Waals surface area contributed by atoms with Crippen LogP contribution in [0, 0.1) is 11.3 Å². The summed E-state index contributed by atoms with van der Waals surface area (Å²) in [4.78, 5) is 5.56. The number of anilines is 1. The van der Waals surface area contributed by atoms with Crippen molar-refractivity contribution in [1.82, 2.24) is 4.98 Å². The van der Waals surface area contributed by atoms with Crippen molar-refractivity contribution in [2.75, 3.05) is 5.32 Å². The van der Waals surface area contributed by atoms with E-state index >= 15 is 0 Å². The first-order valence-corrected chi connectivity index (χ1v) is 6.88. The van der Waals surface area contributed by atoms with E-state index in [4.69, 9.17) is 5.26 Å². The molecule has 2 heterocycles. The summed E-state index contributed by atoms with van der Waals surface area (Å²) in [6.07, 6.45) is 2.16. The standard InChI is InChI=1S/C14H15N3S/c1-2-5-12(13-7-4-9-18-13)17-14-8-3-6-11(10-15)16-14/h3-4,6-9,12H,2,5H2,1H3,(H,16,17). The lowest BCUT2D eigenvalue weighted by molar-refractivity contribution is 0.684. The second-order valence-electron chi connectivity index (χ2n) is 4.02. The lowest BCUT2D eigenvalue weighted by Crippen LogP contribution is -2.10. The van der Waals surface area contributed by atoms with Gasteiger partial charge in [-0.2, -0.15) is 5.26 Å². The van der Waals surface area contributed by atoms with E-state index in [-0.39, 0.29) is 6.04 Å². The highest BCUT2D eigenvalue weighted by Crippen LogP contribution is 2.26. The zero-order valence-corrected chi connectivity index (χ0v) is 11.1. The summed E-state index contributed by atoms with van der Waals surface area (Å²) in [5.41, 5.74) is 0.446. The third-order valence-electron chi connectivity index (χ3n) is 2.65. The van der Waals surface area contributed by atoms with Gasteiger partial charge in [-0.25, -0.2) is 4.98 Å². The number of aromatic nitrogens is 1. The van der Waals surface area contributed by atoms with Crippen LogP contribution in [-0.2, 0) is 0 Å². The molecule has 0 saturated heterocycles. The minimum atomic E-state index is 0.274. The molecule has 3 nitrogen and oxygen atoms in total. The van der Waals surface area contributed by atoms with Crippen molar-refractivity contribution in [2.45, 2.75) is 25.8 Å². The van der Waals surface area contributed by atoms with E-state index in [2.05, 4.69) is 40.8 Å². The number of nitriles is 1. The van der Waals surface area contributed by atoms with Crippen LogP contribution in [0.4, 0.5) is 5.82 Å². The molecule has 2 rings (SSSR count). The minimum Gasteiger partial charge on any atom is -0.362 e. The summed E-state index contributed by atoms with van der Waals surface area (Å²) in [5.74, 6) is 0.765. The Balaban J connectivity index is 2.16. The maximum atomic E-state index is 8.85. The van der Waals surface area contributed by atoms with Gasteiger partial charge >= 0.3 is 0 Å². The predicted octanol–water partition coefficient (Wildman–Crippen LogP) is 3.97. The van der Waals surface area contributed by atoms with Crippen LogP contribution in [0.5, 0.6) is 0 Å². The molecule has 92 valence electrons. The van der Waals surface area contributed by atoms with Crippen molar-refractivity contribution >= 4 is 17.2 Å². The van der Waals surface area contributed by atoms with Crippen molar-refractivity contribution in [3.8, 4) is 6.07 Å². The normalized spacial score (nSPS) is 11.8. The molecule has 1 unspecified atom stereocenters. The van der Waals surface area contributed by atoms with Crippen LogP contribution < -0.4 is 5.32 Å². The molecule has 0 amide bonds. The Labute approximate surface area is 111 Å². The molecule has 1 atom stereocenters. The Morgan fingerprint density at radius 1 is 1.39 bits per heavy atom. The van der Waals surface area contributed by atoms with Crippen molar-refractivity contribution in [3.63, 3.8) is 0 Å². The van der Waals surface area contributed by atoms with E-state index in [1.54, 1.807) is 17.4 Å². The molecule has 0 saturated carbocycles. The van der Waals surface area contributed by atoms with Crippen LogP contribution in [0.3, 0.4) is 0 Å². The van der Waals surface area contributed by atoms with Crippen LogP contribution in [0.2, 0.25) is 0 Å². The summed E-state index contributed by atoms with van der Waals surface area (Å²) < 4.78 is 0. The van der Waals surface area contributed by atoms with Crippen LogP contribution in [0.1, 0.15) is 36.4 Å². The monoisotopic (exact) mass is 257 g/mol. The molecule has 0 aliphatic rings. The van der Waals surface area contributed by atoms with Crippen molar-refractivity contribution in [3.05, 3.63) is 46.3 Å². The van der Waals surface area contributed by atoms with E-state index in [1.807, 2.05) is 12.1 Å². The third kappa shape index (κ3) is 3.08. The summed E-state index contributed by atoms with van der Waals surface area (Å²) in [7, 11) is 0. The van der Waals surface area contributed by atoms with Gasteiger partial charge in [0.2, 0.25) is 0 Å². The maximum absolute atomic E-state index is 8.85. The fraction of sp³-hybridized carbons (Fsp3) is 0.286. The molecule has 18 heavy (non-hydrogen) atoms. The number of hydrogen-bond acceptors (Lipinski definition) is 4. The van der Waals surface area contributed by atoms with E-state index in [9.17, 15) is 0 Å². The summed E-state index contributed by atoms with van der Waals surface area (Å²) >= 11 is 1.74. The number of thiophene rings is 1. The van der Waals surface area contributed by atoms with Crippen LogP contribution in [0.15, 0.2) is 35.7 Å². The highest BCUT2D eigenvalue weighted by Gasteiger charge is 2.12. The fourth-order valence-electron chi connectivity index (χ4n) is 1.82. The maximum Gasteiger partial charge on any atom is 0.142 e. The highest BCUT2D eigenvalue weighted by molar-refractivity contribution is 7.10. The van der Waals surface area contributed by atoms with Crippen LogP contribution in [-0.4, -0.2) is 4.98 Å². The number of nitrogens with zero attached hydrogens (tertiary/aromatic N) is 2. The third-order valence-corrected chi connectivity index (χ3v) is 3.64. The summed E-state index contributed by atoms with van der Waals surface area (Å²) in [5, 5.41) is 14.3. The van der Waals surface area contributed by atoms with Gasteiger partial charge in [-0.05, 0) is 30.0 Å². The topological polar surface area (TPSA) is 48.7 Å². The second kappa shape index (κ2) is 6.18. The molecule has 0 aliphatic heterocycles. The molecule has 0 spiro atoms. The van der Waals surface area contributed by atoms with Gasteiger partial charge in [0, 0.05) is 4.88 Å². The number of pyridine rings is 1. The lowest BCUT2D eigenvalue weighted by atomic mass is 10.1. The van der Waals surface area contributed by atoms with Crippen molar-refractivity contribution in [1.29, 1.82) is 5.26 Å². The molecular formula is C14H15N3S. The van der Waals surface area contributed by atoms with Gasteiger partial charge in [0.15, 0.2) is 0 Å². The molecule has 0 fully saturated rings. The van der Waals surface area contributed by atoms with Gasteiger partial charge in [0.1, 0.15) is 17.6 Å². The highest BCUT2D eigenvalue weighted by atomic mass is 32.1. The molecule has 0 radical (unpaired) electrons. The van der Waals surface area contributed by atoms with Crippen LogP contribution in [0.25, 0.3) is 0 Å². The first-order valence-electron chi connectivity index (χ1n) is 6.00. The zero-order valence-electron chi connectivity index (χ0n) is 10.3. The molecular weight excluding hydrogens is 242 g/mol.